The van der Waals surface area contributed by atoms with Gasteiger partial charge in [-0.2, -0.15) is 0 Å². The van der Waals surface area contributed by atoms with Gasteiger partial charge < -0.3 is 5.32 Å². The summed E-state index contributed by atoms with van der Waals surface area (Å²) >= 11 is 9.56. The molecule has 2 nitrogen and oxygen atoms in total. The van der Waals surface area contributed by atoms with E-state index < -0.39 is 0 Å². The molecule has 1 N–H and O–H groups in total. The monoisotopic (exact) mass is 296 g/mol. The molecule has 0 aliphatic heterocycles. The fourth-order valence-corrected chi connectivity index (χ4v) is 2.01. The van der Waals surface area contributed by atoms with Crippen LogP contribution < -0.4 is 5.32 Å². The van der Waals surface area contributed by atoms with Gasteiger partial charge in [-0.15, -0.1) is 0 Å². The van der Waals surface area contributed by atoms with Crippen molar-refractivity contribution in [2.24, 2.45) is 0 Å². The number of pyridine rings is 1. The second-order valence-electron chi connectivity index (χ2n) is 3.39. The van der Waals surface area contributed by atoms with Crippen LogP contribution in [-0.4, -0.2) is 4.98 Å². The quantitative estimate of drug-likeness (QED) is 0.879. The van der Waals surface area contributed by atoms with Crippen LogP contribution in [0.2, 0.25) is 5.02 Å². The van der Waals surface area contributed by atoms with E-state index in [1.54, 1.807) is 6.20 Å². The SMILES string of the molecule is Cc1cccc(Cl)c1Nc1ncccc1Br. The molecule has 0 spiro atoms. The molecule has 0 aliphatic carbocycles. The number of hydrogen-bond acceptors (Lipinski definition) is 2. The van der Waals surface area contributed by atoms with Crippen molar-refractivity contribution in [3.8, 4) is 0 Å². The smallest absolute Gasteiger partial charge is 0.144 e. The summed E-state index contributed by atoms with van der Waals surface area (Å²) < 4.78 is 0.911. The van der Waals surface area contributed by atoms with E-state index >= 15 is 0 Å². The maximum Gasteiger partial charge on any atom is 0.144 e. The zero-order valence-corrected chi connectivity index (χ0v) is 11.0. The number of benzene rings is 1. The molecule has 0 bridgehead atoms. The molecule has 2 rings (SSSR count). The molecule has 0 saturated heterocycles. The number of para-hydroxylation sites is 1. The number of aromatic nitrogens is 1. The van der Waals surface area contributed by atoms with E-state index in [0.29, 0.717) is 5.02 Å². The molecule has 82 valence electrons. The molecule has 0 fully saturated rings. The van der Waals surface area contributed by atoms with Gasteiger partial charge in [-0.3, -0.25) is 0 Å². The van der Waals surface area contributed by atoms with Crippen molar-refractivity contribution in [3.63, 3.8) is 0 Å². The lowest BCUT2D eigenvalue weighted by atomic mass is 10.2. The highest BCUT2D eigenvalue weighted by atomic mass is 79.9. The van der Waals surface area contributed by atoms with Crippen LogP contribution in [0.3, 0.4) is 0 Å². The van der Waals surface area contributed by atoms with Gasteiger partial charge in [0.15, 0.2) is 0 Å². The molecule has 1 aromatic carbocycles. The Balaban J connectivity index is 2.38. The van der Waals surface area contributed by atoms with Gasteiger partial charge in [-0.25, -0.2) is 4.98 Å². The molecule has 16 heavy (non-hydrogen) atoms. The number of aryl methyl sites for hydroxylation is 1. The minimum absolute atomic E-state index is 0.692. The summed E-state index contributed by atoms with van der Waals surface area (Å²) in [6.45, 7) is 2.01. The van der Waals surface area contributed by atoms with E-state index in [0.717, 1.165) is 21.5 Å². The number of nitrogens with zero attached hydrogens (tertiary/aromatic N) is 1. The molecule has 0 atom stereocenters. The highest BCUT2D eigenvalue weighted by molar-refractivity contribution is 9.10. The largest absolute Gasteiger partial charge is 0.338 e. The summed E-state index contributed by atoms with van der Waals surface area (Å²) in [4.78, 5) is 4.24. The number of hydrogen-bond donors (Lipinski definition) is 1. The van der Waals surface area contributed by atoms with Crippen LogP contribution in [0.1, 0.15) is 5.56 Å². The first-order valence-electron chi connectivity index (χ1n) is 4.81. The Labute approximate surface area is 108 Å². The maximum atomic E-state index is 6.13. The highest BCUT2D eigenvalue weighted by Gasteiger charge is 2.06. The Bertz CT molecular complexity index is 494. The van der Waals surface area contributed by atoms with Gasteiger partial charge in [0.1, 0.15) is 5.82 Å². The first-order valence-corrected chi connectivity index (χ1v) is 5.98. The fourth-order valence-electron chi connectivity index (χ4n) is 1.39. The summed E-state index contributed by atoms with van der Waals surface area (Å²) in [6.07, 6.45) is 1.74. The molecule has 2 aromatic rings. The molecule has 0 unspecified atom stereocenters. The van der Waals surface area contributed by atoms with Crippen LogP contribution in [0, 0.1) is 6.92 Å². The lowest BCUT2D eigenvalue weighted by molar-refractivity contribution is 1.28. The average molecular weight is 298 g/mol. The second kappa shape index (κ2) is 4.85. The lowest BCUT2D eigenvalue weighted by Gasteiger charge is -2.11. The van der Waals surface area contributed by atoms with Gasteiger partial charge in [0.2, 0.25) is 0 Å². The molecule has 0 amide bonds. The third-order valence-corrected chi connectivity index (χ3v) is 3.18. The summed E-state index contributed by atoms with van der Waals surface area (Å²) in [7, 11) is 0. The molecule has 0 saturated carbocycles. The number of rotatable bonds is 2. The van der Waals surface area contributed by atoms with Gasteiger partial charge in [-0.05, 0) is 46.6 Å². The first-order chi connectivity index (χ1) is 7.68. The maximum absolute atomic E-state index is 6.13. The van der Waals surface area contributed by atoms with Gasteiger partial charge in [0.05, 0.1) is 15.2 Å². The molecular weight excluding hydrogens is 288 g/mol. The second-order valence-corrected chi connectivity index (χ2v) is 4.65. The van der Waals surface area contributed by atoms with Gasteiger partial charge in [-0.1, -0.05) is 23.7 Å². The van der Waals surface area contributed by atoms with Crippen LogP contribution >= 0.6 is 27.5 Å². The van der Waals surface area contributed by atoms with Crippen molar-refractivity contribution in [1.29, 1.82) is 0 Å². The van der Waals surface area contributed by atoms with E-state index in [2.05, 4.69) is 26.2 Å². The highest BCUT2D eigenvalue weighted by Crippen LogP contribution is 2.30. The minimum Gasteiger partial charge on any atom is -0.338 e. The fraction of sp³-hybridized carbons (Fsp3) is 0.0833. The van der Waals surface area contributed by atoms with Crippen molar-refractivity contribution in [2.45, 2.75) is 6.92 Å². The average Bonchev–Trinajstić information content (AvgIpc) is 2.26. The molecule has 4 heteroatoms. The van der Waals surface area contributed by atoms with Crippen LogP contribution in [0.15, 0.2) is 41.0 Å². The predicted octanol–water partition coefficient (Wildman–Crippen LogP) is 4.55. The van der Waals surface area contributed by atoms with E-state index in [9.17, 15) is 0 Å². The summed E-state index contributed by atoms with van der Waals surface area (Å²) in [6, 6.07) is 9.59. The van der Waals surface area contributed by atoms with E-state index in [1.807, 2.05) is 37.3 Å². The van der Waals surface area contributed by atoms with Crippen LogP contribution in [-0.2, 0) is 0 Å². The van der Waals surface area contributed by atoms with Crippen LogP contribution in [0.25, 0.3) is 0 Å². The van der Waals surface area contributed by atoms with Gasteiger partial charge in [0.25, 0.3) is 0 Å². The Kier molecular flexibility index (Phi) is 3.46. The van der Waals surface area contributed by atoms with Crippen molar-refractivity contribution in [2.75, 3.05) is 5.32 Å². The van der Waals surface area contributed by atoms with E-state index in [1.165, 1.54) is 0 Å². The third kappa shape index (κ3) is 2.36. The molecular formula is C12H10BrClN2. The van der Waals surface area contributed by atoms with Gasteiger partial charge in [0, 0.05) is 6.20 Å². The normalized spacial score (nSPS) is 10.2. The summed E-state index contributed by atoms with van der Waals surface area (Å²) in [5, 5.41) is 3.91. The van der Waals surface area contributed by atoms with Crippen molar-refractivity contribution >= 4 is 39.0 Å². The van der Waals surface area contributed by atoms with Crippen molar-refractivity contribution in [3.05, 3.63) is 51.6 Å². The number of anilines is 2. The molecule has 1 heterocycles. The Morgan fingerprint density at radius 3 is 2.75 bits per heavy atom. The minimum atomic E-state index is 0.692. The Hall–Kier alpha value is -1.06. The molecule has 0 aliphatic rings. The zero-order valence-electron chi connectivity index (χ0n) is 8.67. The summed E-state index contributed by atoms with van der Waals surface area (Å²) in [5.74, 6) is 0.763. The molecule has 0 radical (unpaired) electrons. The standard InChI is InChI=1S/C12H10BrClN2/c1-8-4-2-6-10(14)11(8)16-12-9(13)5-3-7-15-12/h2-7H,1H3,(H,15,16). The summed E-state index contributed by atoms with van der Waals surface area (Å²) in [5.41, 5.74) is 1.98. The van der Waals surface area contributed by atoms with Crippen LogP contribution in [0.5, 0.6) is 0 Å². The van der Waals surface area contributed by atoms with Gasteiger partial charge >= 0.3 is 0 Å². The van der Waals surface area contributed by atoms with Crippen molar-refractivity contribution in [1.82, 2.24) is 4.98 Å². The first kappa shape index (κ1) is 11.4. The Morgan fingerprint density at radius 2 is 2.06 bits per heavy atom. The molecule has 1 aromatic heterocycles. The van der Waals surface area contributed by atoms with E-state index in [4.69, 9.17) is 11.6 Å². The van der Waals surface area contributed by atoms with Crippen LogP contribution in [0.4, 0.5) is 11.5 Å². The third-order valence-electron chi connectivity index (χ3n) is 2.22. The van der Waals surface area contributed by atoms with Crippen molar-refractivity contribution < 1.29 is 0 Å². The zero-order chi connectivity index (χ0) is 11.5. The Morgan fingerprint density at radius 1 is 1.25 bits per heavy atom. The number of nitrogens with one attached hydrogen (secondary N) is 1. The lowest BCUT2D eigenvalue weighted by Crippen LogP contribution is -1.97. The van der Waals surface area contributed by atoms with E-state index in [-0.39, 0.29) is 0 Å². The number of halogens is 2. The topological polar surface area (TPSA) is 24.9 Å². The predicted molar refractivity (Wildman–Crippen MR) is 71.4 cm³/mol.